The van der Waals surface area contributed by atoms with Gasteiger partial charge in [0.2, 0.25) is 0 Å². The largest absolute Gasteiger partial charge is 0.493 e. The van der Waals surface area contributed by atoms with Crippen molar-refractivity contribution >= 4 is 0 Å². The summed E-state index contributed by atoms with van der Waals surface area (Å²) in [6.07, 6.45) is 0. The minimum atomic E-state index is 0.0598. The first kappa shape index (κ1) is 13.3. The van der Waals surface area contributed by atoms with Crippen LogP contribution in [0.25, 0.3) is 0 Å². The van der Waals surface area contributed by atoms with Crippen molar-refractivity contribution in [3.05, 3.63) is 41.2 Å². The summed E-state index contributed by atoms with van der Waals surface area (Å²) in [5.41, 5.74) is 1.30. The zero-order valence-corrected chi connectivity index (χ0v) is 10.9. The Morgan fingerprint density at radius 2 is 1.85 bits per heavy atom. The van der Waals surface area contributed by atoms with Gasteiger partial charge in [0.15, 0.2) is 11.5 Å². The molecular weight excluding hydrogens is 256 g/mol. The van der Waals surface area contributed by atoms with Crippen LogP contribution in [0.4, 0.5) is 0 Å². The molecule has 1 heterocycles. The van der Waals surface area contributed by atoms with Crippen molar-refractivity contribution in [3.8, 4) is 29.6 Å². The van der Waals surface area contributed by atoms with Crippen LogP contribution in [0.2, 0.25) is 0 Å². The zero-order chi connectivity index (χ0) is 14.5. The second kappa shape index (κ2) is 5.68. The van der Waals surface area contributed by atoms with Gasteiger partial charge in [0.05, 0.1) is 18.7 Å². The van der Waals surface area contributed by atoms with Gasteiger partial charge in [-0.15, -0.1) is 0 Å². The average molecular weight is 266 g/mol. The molecule has 1 aromatic carbocycles. The highest BCUT2D eigenvalue weighted by molar-refractivity contribution is 5.47. The summed E-state index contributed by atoms with van der Waals surface area (Å²) in [6.45, 7) is 1.74. The minimum absolute atomic E-state index is 0.0598. The Kier molecular flexibility index (Phi) is 3.78. The van der Waals surface area contributed by atoms with E-state index in [0.29, 0.717) is 22.8 Å². The third-order valence-corrected chi connectivity index (χ3v) is 2.44. The van der Waals surface area contributed by atoms with E-state index in [9.17, 15) is 0 Å². The molecule has 0 radical (unpaired) electrons. The van der Waals surface area contributed by atoms with Crippen LogP contribution in [0.3, 0.4) is 0 Å². The number of hydrogen-bond acceptors (Lipinski definition) is 6. The molecule has 6 nitrogen and oxygen atoms in total. The summed E-state index contributed by atoms with van der Waals surface area (Å²) in [4.78, 5) is 8.04. The van der Waals surface area contributed by atoms with E-state index in [1.165, 1.54) is 7.11 Å². The number of aromatic nitrogens is 2. The van der Waals surface area contributed by atoms with E-state index in [-0.39, 0.29) is 11.7 Å². The Morgan fingerprint density at radius 1 is 1.05 bits per heavy atom. The molecule has 0 aliphatic carbocycles. The van der Waals surface area contributed by atoms with Crippen molar-refractivity contribution in [2.24, 2.45) is 0 Å². The maximum Gasteiger partial charge on any atom is 0.323 e. The van der Waals surface area contributed by atoms with Gasteiger partial charge in [-0.1, -0.05) is 0 Å². The molecule has 0 bridgehead atoms. The molecule has 0 saturated carbocycles. The van der Waals surface area contributed by atoms with Gasteiger partial charge in [0.25, 0.3) is 0 Å². The SMILES string of the molecule is COc1cc(C#N)ccc1Oc1nc(C)cc(C#N)n1. The molecule has 0 saturated heterocycles. The highest BCUT2D eigenvalue weighted by Gasteiger charge is 2.10. The summed E-state index contributed by atoms with van der Waals surface area (Å²) in [6, 6.07) is 10.3. The first-order chi connectivity index (χ1) is 9.66. The topological polar surface area (TPSA) is 91.8 Å². The number of nitrogens with zero attached hydrogens (tertiary/aromatic N) is 4. The van der Waals surface area contributed by atoms with Crippen molar-refractivity contribution in [3.63, 3.8) is 0 Å². The fourth-order valence-electron chi connectivity index (χ4n) is 1.56. The fourth-order valence-corrected chi connectivity index (χ4v) is 1.56. The van der Waals surface area contributed by atoms with Crippen LogP contribution in [0.15, 0.2) is 24.3 Å². The number of ether oxygens (including phenoxy) is 2. The Hall–Kier alpha value is -3.12. The lowest BCUT2D eigenvalue weighted by Crippen LogP contribution is -1.98. The van der Waals surface area contributed by atoms with Crippen LogP contribution in [-0.2, 0) is 0 Å². The summed E-state index contributed by atoms with van der Waals surface area (Å²) < 4.78 is 10.7. The van der Waals surface area contributed by atoms with Crippen LogP contribution >= 0.6 is 0 Å². The van der Waals surface area contributed by atoms with Crippen LogP contribution in [0.1, 0.15) is 17.0 Å². The van der Waals surface area contributed by atoms with Gasteiger partial charge in [0, 0.05) is 11.8 Å². The Morgan fingerprint density at radius 3 is 2.50 bits per heavy atom. The molecule has 0 aliphatic rings. The van der Waals surface area contributed by atoms with Crippen LogP contribution in [0, 0.1) is 29.6 Å². The lowest BCUT2D eigenvalue weighted by molar-refractivity contribution is 0.367. The van der Waals surface area contributed by atoms with E-state index in [2.05, 4.69) is 9.97 Å². The molecule has 0 unspecified atom stereocenters. The highest BCUT2D eigenvalue weighted by atomic mass is 16.5. The van der Waals surface area contributed by atoms with Crippen molar-refractivity contribution in [2.45, 2.75) is 6.92 Å². The molecule has 0 N–H and O–H groups in total. The van der Waals surface area contributed by atoms with Gasteiger partial charge in [-0.05, 0) is 25.1 Å². The highest BCUT2D eigenvalue weighted by Crippen LogP contribution is 2.30. The third kappa shape index (κ3) is 2.82. The summed E-state index contributed by atoms with van der Waals surface area (Å²) >= 11 is 0. The van der Waals surface area contributed by atoms with Gasteiger partial charge in [-0.25, -0.2) is 4.98 Å². The van der Waals surface area contributed by atoms with Crippen LogP contribution < -0.4 is 9.47 Å². The zero-order valence-electron chi connectivity index (χ0n) is 10.9. The fraction of sp³-hybridized carbons (Fsp3) is 0.143. The van der Waals surface area contributed by atoms with Crippen molar-refractivity contribution in [1.82, 2.24) is 9.97 Å². The Bertz CT molecular complexity index is 729. The van der Waals surface area contributed by atoms with E-state index in [4.69, 9.17) is 20.0 Å². The average Bonchev–Trinajstić information content (AvgIpc) is 2.47. The van der Waals surface area contributed by atoms with E-state index in [1.807, 2.05) is 12.1 Å². The summed E-state index contributed by atoms with van der Waals surface area (Å²) in [7, 11) is 1.47. The number of hydrogen-bond donors (Lipinski definition) is 0. The first-order valence-corrected chi connectivity index (χ1v) is 5.68. The number of methoxy groups -OCH3 is 1. The molecule has 0 atom stereocenters. The molecule has 0 amide bonds. The van der Waals surface area contributed by atoms with Gasteiger partial charge < -0.3 is 9.47 Å². The molecule has 0 spiro atoms. The third-order valence-electron chi connectivity index (χ3n) is 2.44. The number of nitriles is 2. The summed E-state index contributed by atoms with van der Waals surface area (Å²) in [5.74, 6) is 0.772. The van der Waals surface area contributed by atoms with Crippen molar-refractivity contribution in [2.75, 3.05) is 7.11 Å². The maximum atomic E-state index is 8.87. The molecule has 0 aliphatic heterocycles. The van der Waals surface area contributed by atoms with E-state index in [1.54, 1.807) is 31.2 Å². The number of benzene rings is 1. The maximum absolute atomic E-state index is 8.87. The second-order valence-corrected chi connectivity index (χ2v) is 3.87. The molecule has 2 aromatic rings. The smallest absolute Gasteiger partial charge is 0.323 e. The van der Waals surface area contributed by atoms with Crippen molar-refractivity contribution in [1.29, 1.82) is 10.5 Å². The predicted octanol–water partition coefficient (Wildman–Crippen LogP) is 2.33. The van der Waals surface area contributed by atoms with Gasteiger partial charge in [-0.3, -0.25) is 0 Å². The molecule has 0 fully saturated rings. The minimum Gasteiger partial charge on any atom is -0.493 e. The first-order valence-electron chi connectivity index (χ1n) is 5.68. The Balaban J connectivity index is 2.38. The van der Waals surface area contributed by atoms with Gasteiger partial charge in [0.1, 0.15) is 11.8 Å². The van der Waals surface area contributed by atoms with Gasteiger partial charge in [-0.2, -0.15) is 15.5 Å². The molecule has 98 valence electrons. The second-order valence-electron chi connectivity index (χ2n) is 3.87. The van der Waals surface area contributed by atoms with Crippen LogP contribution in [-0.4, -0.2) is 17.1 Å². The van der Waals surface area contributed by atoms with Crippen LogP contribution in [0.5, 0.6) is 17.5 Å². The van der Waals surface area contributed by atoms with E-state index in [0.717, 1.165) is 0 Å². The standard InChI is InChI=1S/C14H10N4O2/c1-9-5-11(8-16)18-14(17-9)20-12-4-3-10(7-15)6-13(12)19-2/h3-6H,1-2H3. The molecular formula is C14H10N4O2. The van der Waals surface area contributed by atoms with E-state index >= 15 is 0 Å². The molecule has 1 aromatic heterocycles. The quantitative estimate of drug-likeness (QED) is 0.846. The Labute approximate surface area is 115 Å². The normalized spacial score (nSPS) is 9.40. The van der Waals surface area contributed by atoms with E-state index < -0.39 is 0 Å². The predicted molar refractivity (Wildman–Crippen MR) is 69.3 cm³/mol. The lowest BCUT2D eigenvalue weighted by Gasteiger charge is -2.09. The number of rotatable bonds is 3. The molecule has 6 heteroatoms. The monoisotopic (exact) mass is 266 g/mol. The number of aryl methyl sites for hydroxylation is 1. The van der Waals surface area contributed by atoms with Crippen molar-refractivity contribution < 1.29 is 9.47 Å². The summed E-state index contributed by atoms with van der Waals surface area (Å²) in [5, 5.41) is 17.7. The lowest BCUT2D eigenvalue weighted by atomic mass is 10.2. The molecule has 20 heavy (non-hydrogen) atoms. The van der Waals surface area contributed by atoms with Gasteiger partial charge >= 0.3 is 6.01 Å². The molecule has 2 rings (SSSR count).